The molecule has 1 atom stereocenters. The average molecular weight is 278 g/mol. The zero-order valence-corrected chi connectivity index (χ0v) is 12.1. The minimum Gasteiger partial charge on any atom is -0.479 e. The summed E-state index contributed by atoms with van der Waals surface area (Å²) in [4.78, 5) is 23.0. The molecular weight excluding hydrogens is 256 g/mol. The van der Waals surface area contributed by atoms with Gasteiger partial charge in [0.25, 0.3) is 0 Å². The van der Waals surface area contributed by atoms with Gasteiger partial charge in [-0.3, -0.25) is 4.79 Å². The van der Waals surface area contributed by atoms with Crippen LogP contribution >= 0.6 is 0 Å². The van der Waals surface area contributed by atoms with Crippen LogP contribution in [0.25, 0.3) is 0 Å². The van der Waals surface area contributed by atoms with Gasteiger partial charge in [0.15, 0.2) is 6.04 Å². The first kappa shape index (κ1) is 16.2. The van der Waals surface area contributed by atoms with E-state index in [0.717, 1.165) is 0 Å². The van der Waals surface area contributed by atoms with Crippen molar-refractivity contribution in [1.82, 2.24) is 10.6 Å². The van der Waals surface area contributed by atoms with Crippen molar-refractivity contribution in [2.45, 2.75) is 38.8 Å². The molecule has 0 bridgehead atoms. The van der Waals surface area contributed by atoms with Gasteiger partial charge in [-0.1, -0.05) is 30.3 Å². The highest BCUT2D eigenvalue weighted by atomic mass is 16.4. The molecule has 1 aromatic carbocycles. The van der Waals surface area contributed by atoms with Gasteiger partial charge >= 0.3 is 5.97 Å². The van der Waals surface area contributed by atoms with Gasteiger partial charge in [0, 0.05) is 18.5 Å². The second-order valence-electron chi connectivity index (χ2n) is 5.68. The van der Waals surface area contributed by atoms with Crippen LogP contribution in [0.5, 0.6) is 0 Å². The minimum absolute atomic E-state index is 0.0636. The molecule has 0 aromatic heterocycles. The molecule has 1 rings (SSSR count). The number of carboxylic acid groups (broad SMARTS) is 1. The Balaban J connectivity index is 2.55. The van der Waals surface area contributed by atoms with E-state index < -0.39 is 12.0 Å². The third kappa shape index (κ3) is 5.84. The van der Waals surface area contributed by atoms with Crippen LogP contribution in [-0.4, -0.2) is 29.1 Å². The number of carbonyl (C=O) groups excluding carboxylic acids is 1. The summed E-state index contributed by atoms with van der Waals surface area (Å²) in [5, 5.41) is 14.9. The van der Waals surface area contributed by atoms with E-state index in [-0.39, 0.29) is 17.9 Å². The SMILES string of the molecule is CC(C)(C)NCCC(=O)N[C@H](C(=O)O)c1ccccc1. The zero-order valence-electron chi connectivity index (χ0n) is 12.1. The summed E-state index contributed by atoms with van der Waals surface area (Å²) >= 11 is 0. The van der Waals surface area contributed by atoms with Crippen molar-refractivity contribution in [1.29, 1.82) is 0 Å². The number of rotatable bonds is 6. The Morgan fingerprint density at radius 1 is 1.20 bits per heavy atom. The lowest BCUT2D eigenvalue weighted by molar-refractivity contribution is -0.142. The monoisotopic (exact) mass is 278 g/mol. The van der Waals surface area contributed by atoms with E-state index in [1.54, 1.807) is 30.3 Å². The number of nitrogens with one attached hydrogen (secondary N) is 2. The zero-order chi connectivity index (χ0) is 15.2. The molecule has 5 heteroatoms. The summed E-state index contributed by atoms with van der Waals surface area (Å²) < 4.78 is 0. The number of hydrogen-bond donors (Lipinski definition) is 3. The molecule has 0 aliphatic rings. The van der Waals surface area contributed by atoms with Gasteiger partial charge < -0.3 is 15.7 Å². The fourth-order valence-corrected chi connectivity index (χ4v) is 1.72. The maximum atomic E-state index is 11.8. The third-order valence-corrected chi connectivity index (χ3v) is 2.69. The Morgan fingerprint density at radius 2 is 1.80 bits per heavy atom. The van der Waals surface area contributed by atoms with Crippen LogP contribution in [0.2, 0.25) is 0 Å². The second-order valence-corrected chi connectivity index (χ2v) is 5.68. The molecule has 0 fully saturated rings. The molecule has 0 spiro atoms. The van der Waals surface area contributed by atoms with E-state index >= 15 is 0 Å². The maximum absolute atomic E-state index is 11.8. The predicted molar refractivity (Wildman–Crippen MR) is 77.3 cm³/mol. The summed E-state index contributed by atoms with van der Waals surface area (Å²) in [6.45, 7) is 6.54. The van der Waals surface area contributed by atoms with Gasteiger partial charge in [-0.2, -0.15) is 0 Å². The molecule has 3 N–H and O–H groups in total. The molecule has 0 aliphatic heterocycles. The van der Waals surface area contributed by atoms with Gasteiger partial charge in [0.2, 0.25) is 5.91 Å². The maximum Gasteiger partial charge on any atom is 0.330 e. The Morgan fingerprint density at radius 3 is 2.30 bits per heavy atom. The predicted octanol–water partition coefficient (Wildman–Crippen LogP) is 1.71. The van der Waals surface area contributed by atoms with Gasteiger partial charge in [-0.05, 0) is 26.3 Å². The Kier molecular flexibility index (Phi) is 5.70. The van der Waals surface area contributed by atoms with Gasteiger partial charge in [0.05, 0.1) is 0 Å². The lowest BCUT2D eigenvalue weighted by atomic mass is 10.1. The van der Waals surface area contributed by atoms with Crippen LogP contribution in [0, 0.1) is 0 Å². The molecule has 0 heterocycles. The molecule has 20 heavy (non-hydrogen) atoms. The molecule has 0 saturated carbocycles. The first-order valence-corrected chi connectivity index (χ1v) is 6.62. The van der Waals surface area contributed by atoms with Crippen LogP contribution < -0.4 is 10.6 Å². The number of benzene rings is 1. The Hall–Kier alpha value is -1.88. The Labute approximate surface area is 119 Å². The summed E-state index contributed by atoms with van der Waals surface area (Å²) in [7, 11) is 0. The number of hydrogen-bond acceptors (Lipinski definition) is 3. The smallest absolute Gasteiger partial charge is 0.330 e. The van der Waals surface area contributed by atoms with Crippen molar-refractivity contribution in [3.8, 4) is 0 Å². The fourth-order valence-electron chi connectivity index (χ4n) is 1.72. The lowest BCUT2D eigenvalue weighted by Gasteiger charge is -2.21. The van der Waals surface area contributed by atoms with Crippen molar-refractivity contribution in [2.75, 3.05) is 6.54 Å². The normalized spacial score (nSPS) is 12.8. The van der Waals surface area contributed by atoms with Crippen LogP contribution in [0.3, 0.4) is 0 Å². The highest BCUT2D eigenvalue weighted by molar-refractivity contribution is 5.84. The first-order chi connectivity index (χ1) is 9.29. The Bertz CT molecular complexity index is 452. The van der Waals surface area contributed by atoms with Crippen molar-refractivity contribution in [3.63, 3.8) is 0 Å². The standard InChI is InChI=1S/C15H22N2O3/c1-15(2,3)16-10-9-12(18)17-13(14(19)20)11-7-5-4-6-8-11/h4-8,13,16H,9-10H2,1-3H3,(H,17,18)(H,19,20)/t13-/m0/s1. The molecular formula is C15H22N2O3. The summed E-state index contributed by atoms with van der Waals surface area (Å²) in [6, 6.07) is 7.67. The molecule has 0 saturated heterocycles. The molecule has 1 aromatic rings. The molecule has 0 aliphatic carbocycles. The van der Waals surface area contributed by atoms with Crippen LogP contribution in [0.15, 0.2) is 30.3 Å². The third-order valence-electron chi connectivity index (χ3n) is 2.69. The van der Waals surface area contributed by atoms with E-state index in [2.05, 4.69) is 10.6 Å². The highest BCUT2D eigenvalue weighted by Crippen LogP contribution is 2.12. The van der Waals surface area contributed by atoms with Crippen LogP contribution in [0.1, 0.15) is 38.8 Å². The van der Waals surface area contributed by atoms with Crippen LogP contribution in [-0.2, 0) is 9.59 Å². The largest absolute Gasteiger partial charge is 0.479 e. The fraction of sp³-hybridized carbons (Fsp3) is 0.467. The molecule has 5 nitrogen and oxygen atoms in total. The van der Waals surface area contributed by atoms with Gasteiger partial charge in [-0.15, -0.1) is 0 Å². The summed E-state index contributed by atoms with van der Waals surface area (Å²) in [5.41, 5.74) is 0.503. The van der Waals surface area contributed by atoms with Crippen molar-refractivity contribution in [3.05, 3.63) is 35.9 Å². The molecule has 0 unspecified atom stereocenters. The molecule has 110 valence electrons. The van der Waals surface area contributed by atoms with Crippen molar-refractivity contribution in [2.24, 2.45) is 0 Å². The quantitative estimate of drug-likeness (QED) is 0.740. The van der Waals surface area contributed by atoms with E-state index in [4.69, 9.17) is 0 Å². The molecule has 1 amide bonds. The number of amides is 1. The van der Waals surface area contributed by atoms with E-state index in [9.17, 15) is 14.7 Å². The summed E-state index contributed by atoms with van der Waals surface area (Å²) in [5.74, 6) is -1.34. The topological polar surface area (TPSA) is 78.4 Å². The highest BCUT2D eigenvalue weighted by Gasteiger charge is 2.21. The van der Waals surface area contributed by atoms with Crippen molar-refractivity contribution >= 4 is 11.9 Å². The van der Waals surface area contributed by atoms with E-state index in [1.165, 1.54) is 0 Å². The van der Waals surface area contributed by atoms with Crippen LogP contribution in [0.4, 0.5) is 0 Å². The summed E-state index contributed by atoms with van der Waals surface area (Å²) in [6.07, 6.45) is 0.244. The first-order valence-electron chi connectivity index (χ1n) is 6.62. The van der Waals surface area contributed by atoms with Gasteiger partial charge in [0.1, 0.15) is 0 Å². The minimum atomic E-state index is -1.06. The van der Waals surface area contributed by atoms with Crippen molar-refractivity contribution < 1.29 is 14.7 Å². The van der Waals surface area contributed by atoms with Gasteiger partial charge in [-0.25, -0.2) is 4.79 Å². The number of aliphatic carboxylic acids is 1. The lowest BCUT2D eigenvalue weighted by Crippen LogP contribution is -2.40. The number of carboxylic acids is 1. The second kappa shape index (κ2) is 7.05. The average Bonchev–Trinajstić information content (AvgIpc) is 2.35. The van der Waals surface area contributed by atoms with E-state index in [1.807, 2.05) is 20.8 Å². The number of carbonyl (C=O) groups is 2. The van der Waals surface area contributed by atoms with E-state index in [0.29, 0.717) is 12.1 Å². The molecule has 0 radical (unpaired) electrons.